The third kappa shape index (κ3) is 3.90. The monoisotopic (exact) mass is 192 g/mol. The fraction of sp³-hybridized carbons (Fsp3) is 0.200. The average Bonchev–Trinajstić information content (AvgIpc) is 2.19. The summed E-state index contributed by atoms with van der Waals surface area (Å²) >= 11 is 1.69. The Bertz CT molecular complexity index is 293. The van der Waals surface area contributed by atoms with Gasteiger partial charge in [0.25, 0.3) is 0 Å². The molecular formula is C10H12N2S. The van der Waals surface area contributed by atoms with Gasteiger partial charge < -0.3 is 0 Å². The maximum Gasteiger partial charge on any atom is 0.120 e. The smallest absolute Gasteiger partial charge is 0.120 e. The van der Waals surface area contributed by atoms with Gasteiger partial charge in [0, 0.05) is 4.90 Å². The van der Waals surface area contributed by atoms with Gasteiger partial charge in [0.15, 0.2) is 0 Å². The molecule has 68 valence electrons. The van der Waals surface area contributed by atoms with Crippen molar-refractivity contribution in [3.05, 3.63) is 30.3 Å². The van der Waals surface area contributed by atoms with Crippen LogP contribution in [0.5, 0.6) is 0 Å². The van der Waals surface area contributed by atoms with Gasteiger partial charge in [-0.3, -0.25) is 4.99 Å². The van der Waals surface area contributed by atoms with Crippen LogP contribution >= 0.6 is 11.8 Å². The van der Waals surface area contributed by atoms with Gasteiger partial charge in [0.1, 0.15) is 5.84 Å². The van der Waals surface area contributed by atoms with E-state index in [1.807, 2.05) is 25.1 Å². The molecular weight excluding hydrogens is 180 g/mol. The molecule has 2 nitrogen and oxygen atoms in total. The SMILES string of the molecule is C=N/C(C)=N\CSc1ccccc1. The van der Waals surface area contributed by atoms with Gasteiger partial charge in [-0.25, -0.2) is 4.99 Å². The van der Waals surface area contributed by atoms with Crippen molar-refractivity contribution < 1.29 is 0 Å². The Labute approximate surface area is 82.8 Å². The zero-order chi connectivity index (χ0) is 9.52. The van der Waals surface area contributed by atoms with Gasteiger partial charge in [0.05, 0.1) is 5.88 Å². The van der Waals surface area contributed by atoms with Crippen LogP contribution < -0.4 is 0 Å². The summed E-state index contributed by atoms with van der Waals surface area (Å²) in [5.74, 6) is 1.44. The molecule has 0 N–H and O–H groups in total. The van der Waals surface area contributed by atoms with E-state index in [-0.39, 0.29) is 0 Å². The summed E-state index contributed by atoms with van der Waals surface area (Å²) < 4.78 is 0. The van der Waals surface area contributed by atoms with E-state index in [4.69, 9.17) is 0 Å². The average molecular weight is 192 g/mol. The van der Waals surface area contributed by atoms with Crippen LogP contribution in [-0.4, -0.2) is 18.4 Å². The first-order chi connectivity index (χ1) is 6.33. The normalized spacial score (nSPS) is 11.3. The minimum atomic E-state index is 0.703. The van der Waals surface area contributed by atoms with Gasteiger partial charge in [0.2, 0.25) is 0 Å². The maximum absolute atomic E-state index is 4.19. The van der Waals surface area contributed by atoms with Gasteiger partial charge >= 0.3 is 0 Å². The zero-order valence-electron chi connectivity index (χ0n) is 7.60. The lowest BCUT2D eigenvalue weighted by Crippen LogP contribution is -1.84. The summed E-state index contributed by atoms with van der Waals surface area (Å²) in [6.07, 6.45) is 0. The van der Waals surface area contributed by atoms with Crippen LogP contribution in [0.15, 0.2) is 45.2 Å². The highest BCUT2D eigenvalue weighted by atomic mass is 32.2. The van der Waals surface area contributed by atoms with Crippen LogP contribution in [0.25, 0.3) is 0 Å². The lowest BCUT2D eigenvalue weighted by atomic mass is 10.4. The van der Waals surface area contributed by atoms with Crippen LogP contribution in [0.1, 0.15) is 6.92 Å². The highest BCUT2D eigenvalue weighted by Gasteiger charge is 1.89. The fourth-order valence-electron chi connectivity index (χ4n) is 0.767. The van der Waals surface area contributed by atoms with Gasteiger partial charge in [-0.15, -0.1) is 11.8 Å². The molecule has 13 heavy (non-hydrogen) atoms. The third-order valence-corrected chi connectivity index (χ3v) is 2.36. The van der Waals surface area contributed by atoms with Crippen LogP contribution in [0, 0.1) is 0 Å². The molecule has 0 aliphatic rings. The number of amidine groups is 1. The molecule has 0 aliphatic carbocycles. The third-order valence-electron chi connectivity index (χ3n) is 1.50. The van der Waals surface area contributed by atoms with Crippen molar-refractivity contribution in [3.63, 3.8) is 0 Å². The van der Waals surface area contributed by atoms with E-state index >= 15 is 0 Å². The molecule has 1 aromatic rings. The topological polar surface area (TPSA) is 24.7 Å². The van der Waals surface area contributed by atoms with Gasteiger partial charge in [-0.05, 0) is 25.8 Å². The minimum absolute atomic E-state index is 0.703. The second kappa shape index (κ2) is 5.54. The molecule has 0 amide bonds. The van der Waals surface area contributed by atoms with Gasteiger partial charge in [-0.1, -0.05) is 18.2 Å². The van der Waals surface area contributed by atoms with Crippen molar-refractivity contribution in [1.82, 2.24) is 0 Å². The van der Waals surface area contributed by atoms with Crippen LogP contribution in [0.2, 0.25) is 0 Å². The summed E-state index contributed by atoms with van der Waals surface area (Å²) in [7, 11) is 0. The molecule has 0 aromatic heterocycles. The van der Waals surface area contributed by atoms with E-state index in [2.05, 4.69) is 28.8 Å². The van der Waals surface area contributed by atoms with Crippen molar-refractivity contribution in [2.24, 2.45) is 9.98 Å². The molecule has 0 bridgehead atoms. The predicted molar refractivity (Wildman–Crippen MR) is 59.8 cm³/mol. The van der Waals surface area contributed by atoms with E-state index < -0.39 is 0 Å². The zero-order valence-corrected chi connectivity index (χ0v) is 8.42. The molecule has 0 heterocycles. The molecule has 0 atom stereocenters. The van der Waals surface area contributed by atoms with E-state index in [0.29, 0.717) is 5.88 Å². The van der Waals surface area contributed by atoms with Crippen molar-refractivity contribution in [2.75, 3.05) is 5.88 Å². The molecule has 0 spiro atoms. The molecule has 1 aromatic carbocycles. The van der Waals surface area contributed by atoms with Crippen LogP contribution in [0.3, 0.4) is 0 Å². The number of benzene rings is 1. The second-order valence-electron chi connectivity index (χ2n) is 2.45. The first kappa shape index (κ1) is 9.99. The Kier molecular flexibility index (Phi) is 4.26. The summed E-state index contributed by atoms with van der Waals surface area (Å²) in [4.78, 5) is 9.12. The van der Waals surface area contributed by atoms with E-state index in [1.54, 1.807) is 11.8 Å². The van der Waals surface area contributed by atoms with Crippen molar-refractivity contribution in [3.8, 4) is 0 Å². The maximum atomic E-state index is 4.19. The van der Waals surface area contributed by atoms with Crippen LogP contribution in [0.4, 0.5) is 0 Å². The summed E-state index contributed by atoms with van der Waals surface area (Å²) in [6, 6.07) is 10.2. The summed E-state index contributed by atoms with van der Waals surface area (Å²) in [5.41, 5.74) is 0. The molecule has 3 heteroatoms. The van der Waals surface area contributed by atoms with E-state index in [0.717, 1.165) is 5.84 Å². The predicted octanol–water partition coefficient (Wildman–Crippen LogP) is 2.86. The molecule has 0 saturated carbocycles. The quantitative estimate of drug-likeness (QED) is 0.410. The summed E-state index contributed by atoms with van der Waals surface area (Å²) in [6.45, 7) is 5.24. The Morgan fingerprint density at radius 2 is 2.08 bits per heavy atom. The molecule has 0 aliphatic heterocycles. The standard InChI is InChI=1S/C10H12N2S/c1-9(11-2)12-8-13-10-6-4-3-5-7-10/h3-7H,2,8H2,1H3/b12-9-. The lowest BCUT2D eigenvalue weighted by molar-refractivity contribution is 1.32. The van der Waals surface area contributed by atoms with E-state index in [1.165, 1.54) is 4.90 Å². The highest BCUT2D eigenvalue weighted by molar-refractivity contribution is 7.99. The molecule has 0 fully saturated rings. The summed E-state index contributed by atoms with van der Waals surface area (Å²) in [5, 5.41) is 0. The van der Waals surface area contributed by atoms with Crippen molar-refractivity contribution >= 4 is 24.3 Å². The Morgan fingerprint density at radius 1 is 1.38 bits per heavy atom. The fourth-order valence-corrected chi connectivity index (χ4v) is 1.52. The molecule has 0 radical (unpaired) electrons. The van der Waals surface area contributed by atoms with Gasteiger partial charge in [-0.2, -0.15) is 0 Å². The Hall–Kier alpha value is -1.09. The largest absolute Gasteiger partial charge is 0.260 e. The highest BCUT2D eigenvalue weighted by Crippen LogP contribution is 2.16. The lowest BCUT2D eigenvalue weighted by Gasteiger charge is -1.96. The minimum Gasteiger partial charge on any atom is -0.260 e. The Balaban J connectivity index is 2.40. The van der Waals surface area contributed by atoms with Crippen molar-refractivity contribution in [2.45, 2.75) is 11.8 Å². The number of hydrogen-bond donors (Lipinski definition) is 0. The number of rotatable bonds is 3. The number of nitrogens with zero attached hydrogens (tertiary/aromatic N) is 2. The number of hydrogen-bond acceptors (Lipinski definition) is 2. The van der Waals surface area contributed by atoms with Crippen molar-refractivity contribution in [1.29, 1.82) is 0 Å². The first-order valence-electron chi connectivity index (χ1n) is 3.98. The first-order valence-corrected chi connectivity index (χ1v) is 4.97. The number of aliphatic imine (C=N–C) groups is 2. The van der Waals surface area contributed by atoms with E-state index in [9.17, 15) is 0 Å². The second-order valence-corrected chi connectivity index (χ2v) is 3.47. The molecule has 0 unspecified atom stereocenters. The van der Waals surface area contributed by atoms with Crippen LogP contribution in [-0.2, 0) is 0 Å². The Morgan fingerprint density at radius 3 is 2.69 bits per heavy atom. The molecule has 0 saturated heterocycles. The number of thioether (sulfide) groups is 1. The molecule has 1 rings (SSSR count).